The van der Waals surface area contributed by atoms with Crippen molar-refractivity contribution in [1.29, 1.82) is 0 Å². The summed E-state index contributed by atoms with van der Waals surface area (Å²) in [4.78, 5) is 79.7. The standard InChI is InChI=1S/2C37H24N4O2.C31H20N4O2.3Pt/c42-37(43)32-22-24(23-11-3-1-4-12-23)21-31(38-32)28-17-10-20-33-35(28)40-36(41(33)25-13-5-2-6-14-25)29-18-9-16-27-26-15-7-8-19-30(26)39-34(27)29;42-37(43)32-20-9-19-31(38-32)28-16-8-21-33-35(28)40-36(29-17-7-15-27-26-14-4-5-18-30(26)39-34(27)29)41(33)25-13-6-12-24(22-25)23-10-2-1-3-11-23;36-31(37)26-17-8-16-25(32-26)22-13-7-18-27-29(22)34-30(35(27)19-9-2-1-3-10-19)23-14-6-12-21-20-11-4-5-15-24(20)33-28(21)23;;;/h2*1-22H,(H2,38,39,40,42,43);1-18H,(H2,32,33,34,36,37);;;/p-3. The third-order valence-electron chi connectivity index (χ3n) is 22.3. The number of aromatic nitrogens is 12. The number of imidazole rings is 3. The van der Waals surface area contributed by atoms with Gasteiger partial charge in [-0.05, 0) is 146 Å². The molecule has 0 aliphatic heterocycles. The molecular weight excluding hydrogens is 2110 g/mol. The van der Waals surface area contributed by atoms with E-state index in [9.17, 15) is 29.7 Å². The van der Waals surface area contributed by atoms with Crippen LogP contribution < -0.4 is 15.0 Å². The fourth-order valence-corrected chi connectivity index (χ4v) is 16.8. The molecular formula is C105H65N12O6Pt3-3. The summed E-state index contributed by atoms with van der Waals surface area (Å²) in [6.07, 6.45) is 0. The molecule has 0 unspecified atom stereocenters. The number of aromatic carboxylic acids is 3. The molecule has 9 heterocycles. The van der Waals surface area contributed by atoms with Crippen LogP contribution in [0.3, 0.4) is 0 Å². The van der Waals surface area contributed by atoms with E-state index in [1.807, 2.05) is 224 Å². The third-order valence-corrected chi connectivity index (χ3v) is 22.3. The molecule has 3 N–H and O–H groups in total. The largest absolute Gasteiger partial charge is 0.656 e. The van der Waals surface area contributed by atoms with Crippen LogP contribution in [-0.2, 0) is 63.2 Å². The van der Waals surface area contributed by atoms with Crippen LogP contribution in [-0.4, -0.2) is 76.8 Å². The van der Waals surface area contributed by atoms with E-state index in [1.54, 1.807) is 18.2 Å². The zero-order chi connectivity index (χ0) is 82.8. The van der Waals surface area contributed by atoms with Gasteiger partial charge in [0.15, 0.2) is 0 Å². The third kappa shape index (κ3) is 14.9. The van der Waals surface area contributed by atoms with Crippen molar-refractivity contribution in [3.05, 3.63) is 393 Å². The van der Waals surface area contributed by atoms with E-state index >= 15 is 0 Å². The zero-order valence-electron chi connectivity index (χ0n) is 66.2. The first-order valence-electron chi connectivity index (χ1n) is 39.9. The van der Waals surface area contributed by atoms with Gasteiger partial charge in [0.25, 0.3) is 0 Å². The number of carboxylic acids is 3. The quantitative estimate of drug-likeness (QED) is 0.0916. The number of carboxylic acid groups (broad SMARTS) is 3. The van der Waals surface area contributed by atoms with Crippen molar-refractivity contribution < 1.29 is 92.9 Å². The molecule has 0 radical (unpaired) electrons. The van der Waals surface area contributed by atoms with Gasteiger partial charge >= 0.3 is 17.9 Å². The maximum Gasteiger partial charge on any atom is 0.354 e. The second kappa shape index (κ2) is 34.6. The predicted octanol–water partition coefficient (Wildman–Crippen LogP) is 23.5. The summed E-state index contributed by atoms with van der Waals surface area (Å²) in [6, 6.07) is 123. The van der Waals surface area contributed by atoms with Crippen molar-refractivity contribution in [1.82, 2.24) is 58.6 Å². The van der Waals surface area contributed by atoms with Crippen LogP contribution in [0.1, 0.15) is 31.5 Å². The molecule has 0 spiro atoms. The summed E-state index contributed by atoms with van der Waals surface area (Å²) < 4.78 is 6.44. The number of benzene rings is 14. The Balaban J connectivity index is 0.000000127. The molecule has 0 saturated heterocycles. The van der Waals surface area contributed by atoms with E-state index in [-0.39, 0.29) is 80.3 Å². The molecule has 0 bridgehead atoms. The molecule has 0 saturated carbocycles. The molecule has 0 atom stereocenters. The van der Waals surface area contributed by atoms with Gasteiger partial charge in [-0.15, -0.1) is 33.1 Å². The molecule has 0 fully saturated rings. The Morgan fingerprint density at radius 3 is 0.921 bits per heavy atom. The van der Waals surface area contributed by atoms with Crippen molar-refractivity contribution in [2.75, 3.05) is 0 Å². The summed E-state index contributed by atoms with van der Waals surface area (Å²) >= 11 is 0. The van der Waals surface area contributed by atoms with Crippen molar-refractivity contribution in [2.24, 2.45) is 0 Å². The van der Waals surface area contributed by atoms with Gasteiger partial charge in [0.1, 0.15) is 34.6 Å². The van der Waals surface area contributed by atoms with Crippen molar-refractivity contribution in [3.8, 4) is 107 Å². The van der Waals surface area contributed by atoms with Crippen molar-refractivity contribution in [3.63, 3.8) is 0 Å². The van der Waals surface area contributed by atoms with Crippen LogP contribution in [0, 0.1) is 0 Å². The van der Waals surface area contributed by atoms with Crippen LogP contribution in [0.25, 0.3) is 206 Å². The number of fused-ring (bicyclic) bond motifs is 12. The first-order valence-corrected chi connectivity index (χ1v) is 39.9. The summed E-state index contributed by atoms with van der Waals surface area (Å²) in [5, 5.41) is 35.6. The summed E-state index contributed by atoms with van der Waals surface area (Å²) in [7, 11) is 0. The molecule has 0 aliphatic rings. The number of rotatable bonds is 14. The van der Waals surface area contributed by atoms with Crippen LogP contribution in [0.5, 0.6) is 0 Å². The van der Waals surface area contributed by atoms with Gasteiger partial charge in [0, 0.05) is 114 Å². The van der Waals surface area contributed by atoms with Gasteiger partial charge < -0.3 is 30.3 Å². The molecule has 9 aromatic heterocycles. The number of nitrogens with zero attached hydrogens (tertiary/aromatic N) is 12. The predicted molar refractivity (Wildman–Crippen MR) is 486 cm³/mol. The van der Waals surface area contributed by atoms with E-state index in [1.165, 1.54) is 12.1 Å². The summed E-state index contributed by atoms with van der Waals surface area (Å²) in [5.41, 5.74) is 23.8. The Morgan fingerprint density at radius 1 is 0.230 bits per heavy atom. The molecule has 18 nitrogen and oxygen atoms in total. The van der Waals surface area contributed by atoms with Crippen LogP contribution in [0.2, 0.25) is 0 Å². The van der Waals surface area contributed by atoms with E-state index in [0.717, 1.165) is 189 Å². The Hall–Kier alpha value is -15.2. The average molecular weight is 2180 g/mol. The van der Waals surface area contributed by atoms with Crippen LogP contribution >= 0.6 is 0 Å². The topological polar surface area (TPSA) is 246 Å². The second-order valence-electron chi connectivity index (χ2n) is 29.6. The molecule has 0 amide bonds. The maximum absolute atomic E-state index is 12.2. The van der Waals surface area contributed by atoms with Gasteiger partial charge in [-0.3, -0.25) is 13.7 Å². The Bertz CT molecular complexity index is 8150. The van der Waals surface area contributed by atoms with E-state index in [4.69, 9.17) is 29.9 Å². The Morgan fingerprint density at radius 2 is 0.524 bits per heavy atom. The maximum atomic E-state index is 12.2. The van der Waals surface area contributed by atoms with Gasteiger partial charge in [-0.2, -0.15) is 0 Å². The minimum absolute atomic E-state index is 0. The van der Waals surface area contributed by atoms with Gasteiger partial charge in [-0.25, -0.2) is 44.3 Å². The van der Waals surface area contributed by atoms with Crippen molar-refractivity contribution in [2.45, 2.75) is 0 Å². The Labute approximate surface area is 762 Å². The molecule has 14 aromatic carbocycles. The monoisotopic (exact) mass is 2170 g/mol. The van der Waals surface area contributed by atoms with Gasteiger partial charge in [0.05, 0.1) is 50.2 Å². The molecule has 614 valence electrons. The summed E-state index contributed by atoms with van der Waals surface area (Å²) in [6.45, 7) is 0. The van der Waals surface area contributed by atoms with E-state index in [2.05, 4.69) is 150 Å². The fraction of sp³-hybridized carbons (Fsp3) is 0. The Kier molecular flexibility index (Phi) is 22.5. The number of hydrogen-bond acceptors (Lipinski definition) is 9. The average Bonchev–Trinajstić information content (AvgIpc) is 1.59. The number of hydrogen-bond donors (Lipinski definition) is 3. The molecule has 23 rings (SSSR count). The molecule has 21 heteroatoms. The first kappa shape index (κ1) is 81.8. The first-order chi connectivity index (χ1) is 60.5. The van der Waals surface area contributed by atoms with Crippen molar-refractivity contribution >= 4 is 116 Å². The second-order valence-corrected chi connectivity index (χ2v) is 29.6. The normalized spacial score (nSPS) is 11.2. The molecule has 0 aliphatic carbocycles. The summed E-state index contributed by atoms with van der Waals surface area (Å²) in [5.74, 6) is -0.959. The van der Waals surface area contributed by atoms with E-state index < -0.39 is 17.9 Å². The smallest absolute Gasteiger partial charge is 0.354 e. The zero-order valence-corrected chi connectivity index (χ0v) is 73.0. The van der Waals surface area contributed by atoms with Gasteiger partial charge in [-0.1, -0.05) is 285 Å². The van der Waals surface area contributed by atoms with E-state index in [0.29, 0.717) is 17.1 Å². The van der Waals surface area contributed by atoms with Crippen LogP contribution in [0.15, 0.2) is 376 Å². The van der Waals surface area contributed by atoms with Crippen LogP contribution in [0.4, 0.5) is 0 Å². The fourth-order valence-electron chi connectivity index (χ4n) is 16.8. The SMILES string of the molecule is O=C(O)c1cc(-c2ccccc2)cc(-c2cccc3c2nc(-c2cccc4c2[n-]c2ccccc24)n3-c2ccccc2)n1.O=C(O)c1cccc(-c2cccc3c2nc(-c2cccc4c2[n-]c2ccccc24)n3-c2cccc(-c3ccccc3)c2)n1.O=C(O)c1cccc(-c2cccc3c2nc(-c2cccc4c2[n-]c2ccccc24)n3-c2ccccc2)n1.[Pt].[Pt].[Pt]. The number of carbonyl (C=O) groups is 3. The molecule has 23 aromatic rings. The van der Waals surface area contributed by atoms with Gasteiger partial charge in [0.2, 0.25) is 0 Å². The minimum atomic E-state index is -1.08. The number of para-hydroxylation sites is 11. The molecule has 126 heavy (non-hydrogen) atoms. The number of pyridine rings is 3. The minimum Gasteiger partial charge on any atom is -0.656 e.